The van der Waals surface area contributed by atoms with Crippen LogP contribution in [0.15, 0.2) is 60.8 Å². The molecule has 2 N–H and O–H groups in total. The number of nitrogens with zero attached hydrogens (tertiary/aromatic N) is 2. The maximum Gasteiger partial charge on any atom is 0.328 e. The lowest BCUT2D eigenvalue weighted by Crippen LogP contribution is -2.17. The second kappa shape index (κ2) is 11.8. The molecule has 7 heteroatoms. The van der Waals surface area contributed by atoms with Gasteiger partial charge in [-0.15, -0.1) is 0 Å². The van der Waals surface area contributed by atoms with Gasteiger partial charge in [0.2, 0.25) is 0 Å². The second-order valence-electron chi connectivity index (χ2n) is 5.96. The number of halogens is 1. The zero-order chi connectivity index (χ0) is 20.2. The maximum atomic E-state index is 9.55. The summed E-state index contributed by atoms with van der Waals surface area (Å²) in [5, 5.41) is 16.4. The number of carboxylic acid groups (broad SMARTS) is 2. The van der Waals surface area contributed by atoms with E-state index < -0.39 is 11.9 Å². The molecule has 27 heavy (non-hydrogen) atoms. The van der Waals surface area contributed by atoms with E-state index in [0.717, 1.165) is 23.7 Å². The van der Waals surface area contributed by atoms with Crippen molar-refractivity contribution in [2.75, 3.05) is 20.6 Å². The first-order valence-electron chi connectivity index (χ1n) is 8.24. The van der Waals surface area contributed by atoms with Gasteiger partial charge in [0.15, 0.2) is 0 Å². The van der Waals surface area contributed by atoms with Crippen molar-refractivity contribution in [3.05, 3.63) is 77.1 Å². The minimum Gasteiger partial charge on any atom is -0.478 e. The van der Waals surface area contributed by atoms with Crippen LogP contribution in [-0.4, -0.2) is 52.7 Å². The average molecular weight is 391 g/mol. The van der Waals surface area contributed by atoms with Gasteiger partial charge in [0.05, 0.1) is 0 Å². The quantitative estimate of drug-likeness (QED) is 0.703. The van der Waals surface area contributed by atoms with E-state index in [1.807, 2.05) is 30.5 Å². The van der Waals surface area contributed by atoms with Gasteiger partial charge in [0.25, 0.3) is 0 Å². The fourth-order valence-corrected chi connectivity index (χ4v) is 2.42. The van der Waals surface area contributed by atoms with Crippen LogP contribution in [0.4, 0.5) is 0 Å². The fraction of sp³-hybridized carbons (Fsp3) is 0.250. The van der Waals surface area contributed by atoms with Crippen LogP contribution in [0.3, 0.4) is 0 Å². The molecule has 1 aromatic heterocycles. The standard InChI is InChI=1S/C16H19ClN2.C4H4O4/c1-19(2)12-10-15(16-5-3-4-11-18-16)13-6-8-14(17)9-7-13;5-3(6)1-2-4(7)8/h3-9,11,15H,10,12H2,1-2H3;1-2H,(H,5,6)(H,7,8)/b;2-1+. The van der Waals surface area contributed by atoms with Gasteiger partial charge in [0, 0.05) is 35.0 Å². The third-order valence-corrected chi connectivity index (χ3v) is 3.80. The van der Waals surface area contributed by atoms with Crippen molar-refractivity contribution in [3.63, 3.8) is 0 Å². The van der Waals surface area contributed by atoms with Crippen molar-refractivity contribution in [3.8, 4) is 0 Å². The summed E-state index contributed by atoms with van der Waals surface area (Å²) in [5.41, 5.74) is 2.39. The molecule has 0 saturated carbocycles. The Morgan fingerprint density at radius 3 is 2.11 bits per heavy atom. The number of carbonyl (C=O) groups is 2. The van der Waals surface area contributed by atoms with Crippen LogP contribution in [0.1, 0.15) is 23.6 Å². The summed E-state index contributed by atoms with van der Waals surface area (Å²) in [4.78, 5) is 25.8. The van der Waals surface area contributed by atoms with Gasteiger partial charge in [-0.3, -0.25) is 4.98 Å². The Kier molecular flexibility index (Phi) is 9.79. The van der Waals surface area contributed by atoms with Crippen LogP contribution in [0, 0.1) is 0 Å². The predicted molar refractivity (Wildman–Crippen MR) is 105 cm³/mol. The number of hydrogen-bond donors (Lipinski definition) is 2. The number of rotatable bonds is 7. The van der Waals surface area contributed by atoms with Crippen molar-refractivity contribution in [2.24, 2.45) is 0 Å². The molecule has 0 saturated heterocycles. The van der Waals surface area contributed by atoms with E-state index in [-0.39, 0.29) is 0 Å². The van der Waals surface area contributed by atoms with E-state index in [1.54, 1.807) is 0 Å². The fourth-order valence-electron chi connectivity index (χ4n) is 2.29. The Balaban J connectivity index is 0.000000387. The number of hydrogen-bond acceptors (Lipinski definition) is 4. The Hall–Kier alpha value is -2.70. The van der Waals surface area contributed by atoms with E-state index >= 15 is 0 Å². The summed E-state index contributed by atoms with van der Waals surface area (Å²) >= 11 is 5.97. The monoisotopic (exact) mass is 390 g/mol. The molecular formula is C20H23ClN2O4. The summed E-state index contributed by atoms with van der Waals surface area (Å²) in [5.74, 6) is -2.19. The zero-order valence-corrected chi connectivity index (χ0v) is 16.0. The van der Waals surface area contributed by atoms with E-state index in [0.29, 0.717) is 18.1 Å². The smallest absolute Gasteiger partial charge is 0.328 e. The highest BCUT2D eigenvalue weighted by atomic mass is 35.5. The molecule has 1 aromatic carbocycles. The van der Waals surface area contributed by atoms with Gasteiger partial charge < -0.3 is 15.1 Å². The van der Waals surface area contributed by atoms with Gasteiger partial charge in [-0.25, -0.2) is 9.59 Å². The Morgan fingerprint density at radius 2 is 1.67 bits per heavy atom. The van der Waals surface area contributed by atoms with Crippen LogP contribution in [0.2, 0.25) is 5.02 Å². The van der Waals surface area contributed by atoms with E-state index in [1.165, 1.54) is 5.56 Å². The highest BCUT2D eigenvalue weighted by Gasteiger charge is 2.15. The van der Waals surface area contributed by atoms with Crippen molar-refractivity contribution in [1.29, 1.82) is 0 Å². The number of benzene rings is 1. The summed E-state index contributed by atoms with van der Waals surface area (Å²) in [6.45, 7) is 1.03. The molecule has 0 bridgehead atoms. The molecule has 2 rings (SSSR count). The summed E-state index contributed by atoms with van der Waals surface area (Å²) in [7, 11) is 4.19. The van der Waals surface area contributed by atoms with Crippen LogP contribution in [0.5, 0.6) is 0 Å². The lowest BCUT2D eigenvalue weighted by atomic mass is 9.92. The average Bonchev–Trinajstić information content (AvgIpc) is 2.63. The van der Waals surface area contributed by atoms with E-state index in [2.05, 4.69) is 42.2 Å². The summed E-state index contributed by atoms with van der Waals surface area (Å²) < 4.78 is 0. The van der Waals surface area contributed by atoms with Crippen molar-refractivity contribution in [1.82, 2.24) is 9.88 Å². The first-order chi connectivity index (χ1) is 12.8. The number of pyridine rings is 1. The second-order valence-corrected chi connectivity index (χ2v) is 6.40. The topological polar surface area (TPSA) is 90.7 Å². The highest BCUT2D eigenvalue weighted by Crippen LogP contribution is 2.27. The number of aliphatic carboxylic acids is 2. The molecule has 0 radical (unpaired) electrons. The van der Waals surface area contributed by atoms with Crippen LogP contribution >= 0.6 is 11.6 Å². The van der Waals surface area contributed by atoms with Crippen molar-refractivity contribution in [2.45, 2.75) is 12.3 Å². The molecule has 0 aliphatic rings. The molecule has 144 valence electrons. The molecule has 0 fully saturated rings. The maximum absolute atomic E-state index is 9.55. The normalized spacial score (nSPS) is 11.7. The van der Waals surface area contributed by atoms with Gasteiger partial charge in [-0.1, -0.05) is 29.8 Å². The largest absolute Gasteiger partial charge is 0.478 e. The van der Waals surface area contributed by atoms with Gasteiger partial charge in [-0.05, 0) is 56.9 Å². The molecule has 1 atom stereocenters. The lowest BCUT2D eigenvalue weighted by molar-refractivity contribution is -0.134. The molecule has 0 aliphatic heterocycles. The lowest BCUT2D eigenvalue weighted by Gasteiger charge is -2.19. The SMILES string of the molecule is CN(C)CCC(c1ccc(Cl)cc1)c1ccccn1.O=C(O)/C=C/C(=O)O. The number of carboxylic acids is 2. The van der Waals surface area contributed by atoms with E-state index in [9.17, 15) is 9.59 Å². The zero-order valence-electron chi connectivity index (χ0n) is 15.2. The molecule has 0 aliphatic carbocycles. The highest BCUT2D eigenvalue weighted by molar-refractivity contribution is 6.30. The molecule has 6 nitrogen and oxygen atoms in total. The van der Waals surface area contributed by atoms with Gasteiger partial charge >= 0.3 is 11.9 Å². The molecular weight excluding hydrogens is 368 g/mol. The van der Waals surface area contributed by atoms with Crippen LogP contribution in [0.25, 0.3) is 0 Å². The van der Waals surface area contributed by atoms with Crippen LogP contribution in [-0.2, 0) is 9.59 Å². The minimum atomic E-state index is -1.26. The Bertz CT molecular complexity index is 730. The van der Waals surface area contributed by atoms with Gasteiger partial charge in [0.1, 0.15) is 0 Å². The van der Waals surface area contributed by atoms with Gasteiger partial charge in [-0.2, -0.15) is 0 Å². The molecule has 0 amide bonds. The van der Waals surface area contributed by atoms with Crippen molar-refractivity contribution >= 4 is 23.5 Å². The Labute approximate surface area is 163 Å². The first kappa shape index (κ1) is 22.3. The molecule has 1 unspecified atom stereocenters. The Morgan fingerprint density at radius 1 is 1.07 bits per heavy atom. The molecule has 0 spiro atoms. The van der Waals surface area contributed by atoms with Crippen molar-refractivity contribution < 1.29 is 19.8 Å². The summed E-state index contributed by atoms with van der Waals surface area (Å²) in [6.07, 6.45) is 4.02. The third-order valence-electron chi connectivity index (χ3n) is 3.55. The van der Waals surface area contributed by atoms with E-state index in [4.69, 9.17) is 21.8 Å². The number of aromatic nitrogens is 1. The molecule has 1 heterocycles. The van der Waals surface area contributed by atoms with Crippen LogP contribution < -0.4 is 0 Å². The predicted octanol–water partition coefficient (Wildman–Crippen LogP) is 3.53. The minimum absolute atomic E-state index is 0.320. The third kappa shape index (κ3) is 9.53. The summed E-state index contributed by atoms with van der Waals surface area (Å²) in [6, 6.07) is 14.2. The first-order valence-corrected chi connectivity index (χ1v) is 8.62. The molecule has 2 aromatic rings.